The van der Waals surface area contributed by atoms with Gasteiger partial charge in [-0.3, -0.25) is 4.79 Å². The molecular weight excluding hydrogens is 304 g/mol. The third-order valence-electron chi connectivity index (χ3n) is 4.40. The number of carbonyl (C=O) groups is 1. The maximum Gasteiger partial charge on any atom is 0.232 e. The lowest BCUT2D eigenvalue weighted by Crippen LogP contribution is -2.36. The first-order valence-corrected chi connectivity index (χ1v) is 8.37. The molecule has 6 nitrogen and oxygen atoms in total. The minimum absolute atomic E-state index is 0.0835. The monoisotopic (exact) mass is 328 g/mol. The van der Waals surface area contributed by atoms with Gasteiger partial charge in [0.05, 0.1) is 26.0 Å². The van der Waals surface area contributed by atoms with E-state index < -0.39 is 0 Å². The fourth-order valence-corrected chi connectivity index (χ4v) is 2.97. The highest BCUT2D eigenvalue weighted by Gasteiger charge is 2.17. The van der Waals surface area contributed by atoms with Crippen LogP contribution in [0, 0.1) is 0 Å². The molecule has 1 aromatic heterocycles. The first-order valence-electron chi connectivity index (χ1n) is 8.37. The van der Waals surface area contributed by atoms with Crippen molar-refractivity contribution in [3.63, 3.8) is 0 Å². The number of rotatable bonds is 5. The van der Waals surface area contributed by atoms with Crippen LogP contribution in [-0.2, 0) is 23.0 Å². The van der Waals surface area contributed by atoms with Crippen LogP contribution < -0.4 is 9.80 Å². The minimum Gasteiger partial charge on any atom is -0.378 e. The summed E-state index contributed by atoms with van der Waals surface area (Å²) in [5.74, 6) is 0.0835. The molecule has 1 amide bonds. The second kappa shape index (κ2) is 7.49. The van der Waals surface area contributed by atoms with Crippen molar-refractivity contribution in [1.29, 1.82) is 0 Å². The van der Waals surface area contributed by atoms with Crippen molar-refractivity contribution in [2.75, 3.05) is 42.6 Å². The number of amides is 1. The summed E-state index contributed by atoms with van der Waals surface area (Å²) in [7, 11) is 1.91. The molecule has 24 heavy (non-hydrogen) atoms. The molecule has 1 aliphatic heterocycles. The molecule has 128 valence electrons. The zero-order chi connectivity index (χ0) is 16.9. The van der Waals surface area contributed by atoms with Gasteiger partial charge in [-0.15, -0.1) is 0 Å². The molecule has 0 radical (unpaired) electrons. The Balaban J connectivity index is 1.70. The van der Waals surface area contributed by atoms with E-state index in [9.17, 15) is 4.79 Å². The molecule has 6 heteroatoms. The number of likely N-dealkylation sites (N-methyl/N-ethyl adjacent to an activating group) is 1. The predicted molar refractivity (Wildman–Crippen MR) is 94.4 cm³/mol. The van der Waals surface area contributed by atoms with E-state index in [-0.39, 0.29) is 5.91 Å². The average molecular weight is 328 g/mol. The smallest absolute Gasteiger partial charge is 0.232 e. The molecule has 0 atom stereocenters. The highest BCUT2D eigenvalue weighted by molar-refractivity contribution is 5.94. The van der Waals surface area contributed by atoms with Crippen LogP contribution in [0.5, 0.6) is 0 Å². The molecule has 1 aliphatic rings. The SMILES string of the molecule is CCN(C(=O)Cc1cncn1C)c1ccc(N2CCOCC2)cc1. The van der Waals surface area contributed by atoms with Gasteiger partial charge in [-0.25, -0.2) is 4.98 Å². The van der Waals surface area contributed by atoms with E-state index in [1.165, 1.54) is 5.69 Å². The van der Waals surface area contributed by atoms with Crippen molar-refractivity contribution in [3.8, 4) is 0 Å². The second-order valence-corrected chi connectivity index (χ2v) is 5.93. The number of aryl methyl sites for hydroxylation is 1. The molecule has 0 N–H and O–H groups in total. The Kier molecular flexibility index (Phi) is 5.15. The summed E-state index contributed by atoms with van der Waals surface area (Å²) >= 11 is 0. The standard InChI is InChI=1S/C18H24N4O2/c1-3-22(18(23)12-17-13-19-14-20(17)2)16-6-4-15(5-7-16)21-8-10-24-11-9-21/h4-7,13-14H,3,8-12H2,1-2H3. The summed E-state index contributed by atoms with van der Waals surface area (Å²) in [6.45, 7) is 6.01. The molecular formula is C18H24N4O2. The lowest BCUT2D eigenvalue weighted by molar-refractivity contribution is -0.118. The number of ether oxygens (including phenoxy) is 1. The van der Waals surface area contributed by atoms with Crippen LogP contribution in [-0.4, -0.2) is 48.3 Å². The van der Waals surface area contributed by atoms with Crippen molar-refractivity contribution in [2.45, 2.75) is 13.3 Å². The Labute approximate surface area is 142 Å². The fraction of sp³-hybridized carbons (Fsp3) is 0.444. The molecule has 0 aliphatic carbocycles. The number of imidazole rings is 1. The quantitative estimate of drug-likeness (QED) is 0.840. The van der Waals surface area contributed by atoms with Gasteiger partial charge >= 0.3 is 0 Å². The third kappa shape index (κ3) is 3.59. The van der Waals surface area contributed by atoms with E-state index in [1.54, 1.807) is 12.5 Å². The Morgan fingerprint density at radius 2 is 1.96 bits per heavy atom. The van der Waals surface area contributed by atoms with Crippen molar-refractivity contribution >= 4 is 17.3 Å². The number of benzene rings is 1. The van der Waals surface area contributed by atoms with E-state index in [0.717, 1.165) is 37.7 Å². The van der Waals surface area contributed by atoms with Gasteiger partial charge in [-0.05, 0) is 31.2 Å². The summed E-state index contributed by atoms with van der Waals surface area (Å²) in [4.78, 5) is 20.8. The van der Waals surface area contributed by atoms with E-state index >= 15 is 0 Å². The van der Waals surface area contributed by atoms with Crippen LogP contribution in [0.4, 0.5) is 11.4 Å². The predicted octanol–water partition coefficient (Wildman–Crippen LogP) is 1.85. The molecule has 0 unspecified atom stereocenters. The van der Waals surface area contributed by atoms with Crippen LogP contribution >= 0.6 is 0 Å². The second-order valence-electron chi connectivity index (χ2n) is 5.93. The molecule has 0 bridgehead atoms. The molecule has 2 aromatic rings. The van der Waals surface area contributed by atoms with Gasteiger partial charge < -0.3 is 19.1 Å². The van der Waals surface area contributed by atoms with Crippen LogP contribution in [0.15, 0.2) is 36.8 Å². The summed E-state index contributed by atoms with van der Waals surface area (Å²) in [5, 5.41) is 0. The van der Waals surface area contributed by atoms with Gasteiger partial charge in [-0.2, -0.15) is 0 Å². The van der Waals surface area contributed by atoms with Gasteiger partial charge in [0.15, 0.2) is 0 Å². The normalized spacial score (nSPS) is 14.7. The van der Waals surface area contributed by atoms with Crippen molar-refractivity contribution in [2.24, 2.45) is 7.05 Å². The van der Waals surface area contributed by atoms with Gasteiger partial charge in [0.25, 0.3) is 0 Å². The van der Waals surface area contributed by atoms with E-state index in [0.29, 0.717) is 13.0 Å². The molecule has 1 aromatic carbocycles. The van der Waals surface area contributed by atoms with Crippen molar-refractivity contribution < 1.29 is 9.53 Å². The third-order valence-corrected chi connectivity index (χ3v) is 4.40. The largest absolute Gasteiger partial charge is 0.378 e. The Bertz CT molecular complexity index is 675. The number of aromatic nitrogens is 2. The fourth-order valence-electron chi connectivity index (χ4n) is 2.97. The maximum atomic E-state index is 12.6. The number of carbonyl (C=O) groups excluding carboxylic acids is 1. The summed E-state index contributed by atoms with van der Waals surface area (Å²) in [6, 6.07) is 8.21. The number of hydrogen-bond donors (Lipinski definition) is 0. The van der Waals surface area contributed by atoms with Gasteiger partial charge in [0, 0.05) is 49.9 Å². The lowest BCUT2D eigenvalue weighted by atomic mass is 10.2. The molecule has 0 saturated carbocycles. The number of nitrogens with zero attached hydrogens (tertiary/aromatic N) is 4. The van der Waals surface area contributed by atoms with Crippen LogP contribution in [0.1, 0.15) is 12.6 Å². The Hall–Kier alpha value is -2.34. The maximum absolute atomic E-state index is 12.6. The molecule has 0 spiro atoms. The Morgan fingerprint density at radius 1 is 1.25 bits per heavy atom. The van der Waals surface area contributed by atoms with Crippen molar-refractivity contribution in [1.82, 2.24) is 9.55 Å². The molecule has 1 fully saturated rings. The van der Waals surface area contributed by atoms with E-state index in [4.69, 9.17) is 4.74 Å². The van der Waals surface area contributed by atoms with Crippen molar-refractivity contribution in [3.05, 3.63) is 42.5 Å². The summed E-state index contributed by atoms with van der Waals surface area (Å²) in [5.41, 5.74) is 3.03. The van der Waals surface area contributed by atoms with Gasteiger partial charge in [-0.1, -0.05) is 0 Å². The topological polar surface area (TPSA) is 50.6 Å². The Morgan fingerprint density at radius 3 is 2.54 bits per heavy atom. The van der Waals surface area contributed by atoms with Crippen LogP contribution in [0.3, 0.4) is 0 Å². The molecule has 1 saturated heterocycles. The van der Waals surface area contributed by atoms with Gasteiger partial charge in [0.1, 0.15) is 0 Å². The minimum atomic E-state index is 0.0835. The summed E-state index contributed by atoms with van der Waals surface area (Å²) < 4.78 is 7.27. The zero-order valence-electron chi connectivity index (χ0n) is 14.3. The molecule has 2 heterocycles. The number of anilines is 2. The van der Waals surface area contributed by atoms with Crippen LogP contribution in [0.25, 0.3) is 0 Å². The van der Waals surface area contributed by atoms with E-state index in [1.807, 2.05) is 35.6 Å². The van der Waals surface area contributed by atoms with Crippen LogP contribution in [0.2, 0.25) is 0 Å². The number of morpholine rings is 1. The number of hydrogen-bond acceptors (Lipinski definition) is 4. The highest BCUT2D eigenvalue weighted by Crippen LogP contribution is 2.22. The zero-order valence-corrected chi connectivity index (χ0v) is 14.3. The molecule has 3 rings (SSSR count). The average Bonchev–Trinajstić information content (AvgIpc) is 3.02. The first kappa shape index (κ1) is 16.5. The van der Waals surface area contributed by atoms with Gasteiger partial charge in [0.2, 0.25) is 5.91 Å². The highest BCUT2D eigenvalue weighted by atomic mass is 16.5. The first-order chi connectivity index (χ1) is 11.7. The summed E-state index contributed by atoms with van der Waals surface area (Å²) in [6.07, 6.45) is 3.82. The lowest BCUT2D eigenvalue weighted by Gasteiger charge is -2.29. The van der Waals surface area contributed by atoms with E-state index in [2.05, 4.69) is 22.0 Å².